The van der Waals surface area contributed by atoms with E-state index < -0.39 is 0 Å². The second-order valence-corrected chi connectivity index (χ2v) is 6.54. The Morgan fingerprint density at radius 2 is 1.92 bits per heavy atom. The average molecular weight is 351 g/mol. The Kier molecular flexibility index (Phi) is 5.32. The number of rotatable bonds is 4. The molecule has 0 atom stereocenters. The van der Waals surface area contributed by atoms with E-state index in [1.165, 1.54) is 0 Å². The number of amides is 2. The molecule has 0 unspecified atom stereocenters. The fourth-order valence-corrected chi connectivity index (χ4v) is 3.09. The Labute approximate surface area is 152 Å². The van der Waals surface area contributed by atoms with Crippen molar-refractivity contribution < 1.29 is 9.59 Å². The topological polar surface area (TPSA) is 91.0 Å². The van der Waals surface area contributed by atoms with Crippen LogP contribution in [-0.4, -0.2) is 46.1 Å². The monoisotopic (exact) mass is 351 g/mol. The first kappa shape index (κ1) is 17.7. The number of carbonyl (C=O) groups excluding carboxylic acids is 2. The highest BCUT2D eigenvalue weighted by Gasteiger charge is 2.24. The summed E-state index contributed by atoms with van der Waals surface area (Å²) in [7, 11) is 1.78. The van der Waals surface area contributed by atoms with Crippen molar-refractivity contribution >= 4 is 11.8 Å². The van der Waals surface area contributed by atoms with Crippen molar-refractivity contribution in [2.45, 2.75) is 12.8 Å². The molecule has 1 N–H and O–H groups in total. The Morgan fingerprint density at radius 3 is 2.50 bits per heavy atom. The molecule has 0 radical (unpaired) electrons. The maximum atomic E-state index is 12.5. The van der Waals surface area contributed by atoms with Crippen LogP contribution in [0.2, 0.25) is 0 Å². The molecule has 2 aromatic rings. The van der Waals surface area contributed by atoms with Crippen molar-refractivity contribution in [2.75, 3.05) is 19.6 Å². The van der Waals surface area contributed by atoms with Crippen molar-refractivity contribution in [1.29, 1.82) is 5.26 Å². The van der Waals surface area contributed by atoms with Crippen molar-refractivity contribution in [2.24, 2.45) is 13.0 Å². The first-order valence-electron chi connectivity index (χ1n) is 8.63. The van der Waals surface area contributed by atoms with Gasteiger partial charge in [0.25, 0.3) is 11.8 Å². The third kappa shape index (κ3) is 4.09. The zero-order chi connectivity index (χ0) is 18.5. The molecule has 7 nitrogen and oxygen atoms in total. The van der Waals surface area contributed by atoms with Crippen molar-refractivity contribution in [3.05, 3.63) is 53.3 Å². The SMILES string of the molecule is Cn1cc(C(=O)NCC2CCN(C(=O)c3ccc(C#N)cc3)CC2)cn1. The Bertz CT molecular complexity index is 826. The number of benzene rings is 1. The maximum Gasteiger partial charge on any atom is 0.254 e. The van der Waals surface area contributed by atoms with Gasteiger partial charge in [-0.3, -0.25) is 14.3 Å². The zero-order valence-electron chi connectivity index (χ0n) is 14.7. The molecule has 134 valence electrons. The number of aromatic nitrogens is 2. The number of aryl methyl sites for hydroxylation is 1. The quantitative estimate of drug-likeness (QED) is 0.905. The Morgan fingerprint density at radius 1 is 1.23 bits per heavy atom. The van der Waals surface area contributed by atoms with Crippen LogP contribution in [0.3, 0.4) is 0 Å². The zero-order valence-corrected chi connectivity index (χ0v) is 14.7. The van der Waals surface area contributed by atoms with Gasteiger partial charge < -0.3 is 10.2 Å². The fourth-order valence-electron chi connectivity index (χ4n) is 3.09. The molecule has 3 rings (SSSR count). The number of nitriles is 1. The Hall–Kier alpha value is -3.14. The minimum atomic E-state index is -0.116. The number of piperidine rings is 1. The van der Waals surface area contributed by atoms with Crippen LogP contribution in [0.4, 0.5) is 0 Å². The number of likely N-dealkylation sites (tertiary alicyclic amines) is 1. The molecule has 0 bridgehead atoms. The third-order valence-electron chi connectivity index (χ3n) is 4.68. The van der Waals surface area contributed by atoms with E-state index in [4.69, 9.17) is 5.26 Å². The summed E-state index contributed by atoms with van der Waals surface area (Å²) in [6.45, 7) is 1.95. The second kappa shape index (κ2) is 7.83. The normalized spacial score (nSPS) is 14.7. The van der Waals surface area contributed by atoms with Crippen molar-refractivity contribution in [3.63, 3.8) is 0 Å². The lowest BCUT2D eigenvalue weighted by Gasteiger charge is -2.32. The van der Waals surface area contributed by atoms with E-state index in [0.717, 1.165) is 12.8 Å². The van der Waals surface area contributed by atoms with E-state index in [2.05, 4.69) is 16.5 Å². The summed E-state index contributed by atoms with van der Waals surface area (Å²) in [5.41, 5.74) is 1.71. The van der Waals surface area contributed by atoms with E-state index >= 15 is 0 Å². The summed E-state index contributed by atoms with van der Waals surface area (Å²) < 4.78 is 1.60. The molecule has 2 heterocycles. The molecule has 0 saturated carbocycles. The van der Waals surface area contributed by atoms with E-state index in [1.807, 2.05) is 4.90 Å². The van der Waals surface area contributed by atoms with Crippen molar-refractivity contribution in [1.82, 2.24) is 20.0 Å². The van der Waals surface area contributed by atoms with Gasteiger partial charge in [-0.1, -0.05) is 0 Å². The van der Waals surface area contributed by atoms with Crippen molar-refractivity contribution in [3.8, 4) is 6.07 Å². The highest BCUT2D eigenvalue weighted by Crippen LogP contribution is 2.19. The molecule has 1 aromatic carbocycles. The predicted molar refractivity (Wildman–Crippen MR) is 95.3 cm³/mol. The van der Waals surface area contributed by atoms with Crippen LogP contribution in [0.15, 0.2) is 36.7 Å². The lowest BCUT2D eigenvalue weighted by Crippen LogP contribution is -2.41. The highest BCUT2D eigenvalue weighted by atomic mass is 16.2. The van der Waals surface area contributed by atoms with Crippen LogP contribution in [0.1, 0.15) is 39.1 Å². The summed E-state index contributed by atoms with van der Waals surface area (Å²) in [4.78, 5) is 26.4. The molecule has 0 spiro atoms. The summed E-state index contributed by atoms with van der Waals surface area (Å²) in [5, 5.41) is 15.8. The largest absolute Gasteiger partial charge is 0.352 e. The maximum absolute atomic E-state index is 12.5. The molecular formula is C19H21N5O2. The molecule has 1 aliphatic rings. The van der Waals surface area contributed by atoms with Crippen LogP contribution >= 0.6 is 0 Å². The minimum absolute atomic E-state index is 0.00710. The van der Waals surface area contributed by atoms with Gasteiger partial charge >= 0.3 is 0 Å². The first-order chi connectivity index (χ1) is 12.6. The molecular weight excluding hydrogens is 330 g/mol. The number of hydrogen-bond acceptors (Lipinski definition) is 4. The number of nitrogens with zero attached hydrogens (tertiary/aromatic N) is 4. The van der Waals surface area contributed by atoms with Gasteiger partial charge in [0.05, 0.1) is 23.4 Å². The molecule has 0 aliphatic carbocycles. The van der Waals surface area contributed by atoms with Gasteiger partial charge in [0.15, 0.2) is 0 Å². The molecule has 7 heteroatoms. The number of carbonyl (C=O) groups is 2. The minimum Gasteiger partial charge on any atom is -0.352 e. The van der Waals surface area contributed by atoms with Gasteiger partial charge in [0.1, 0.15) is 0 Å². The van der Waals surface area contributed by atoms with Crippen LogP contribution in [0.5, 0.6) is 0 Å². The van der Waals surface area contributed by atoms with Crippen LogP contribution in [0.25, 0.3) is 0 Å². The third-order valence-corrected chi connectivity index (χ3v) is 4.68. The molecule has 1 fully saturated rings. The van der Waals surface area contributed by atoms with Gasteiger partial charge in [0.2, 0.25) is 0 Å². The summed E-state index contributed by atoms with van der Waals surface area (Å²) in [5.74, 6) is 0.238. The second-order valence-electron chi connectivity index (χ2n) is 6.54. The summed E-state index contributed by atoms with van der Waals surface area (Å²) in [6.07, 6.45) is 4.95. The summed E-state index contributed by atoms with van der Waals surface area (Å²) in [6, 6.07) is 8.76. The molecule has 2 amide bonds. The van der Waals surface area contributed by atoms with Gasteiger partial charge in [-0.25, -0.2) is 0 Å². The molecule has 1 aliphatic heterocycles. The lowest BCUT2D eigenvalue weighted by atomic mass is 9.96. The van der Waals surface area contributed by atoms with Gasteiger partial charge in [-0.2, -0.15) is 10.4 Å². The lowest BCUT2D eigenvalue weighted by molar-refractivity contribution is 0.0684. The molecule has 1 aromatic heterocycles. The van der Waals surface area contributed by atoms with Crippen LogP contribution < -0.4 is 5.32 Å². The predicted octanol–water partition coefficient (Wildman–Crippen LogP) is 1.57. The number of nitrogens with one attached hydrogen (secondary N) is 1. The smallest absolute Gasteiger partial charge is 0.254 e. The number of hydrogen-bond donors (Lipinski definition) is 1. The highest BCUT2D eigenvalue weighted by molar-refractivity contribution is 5.94. The van der Waals surface area contributed by atoms with E-state index in [-0.39, 0.29) is 11.8 Å². The standard InChI is InChI=1S/C19H21N5O2/c1-23-13-17(12-22-23)18(25)21-11-15-6-8-24(9-7-15)19(26)16-4-2-14(10-20)3-5-16/h2-5,12-13,15H,6-9,11H2,1H3,(H,21,25). The first-order valence-corrected chi connectivity index (χ1v) is 8.63. The van der Waals surface area contributed by atoms with E-state index in [1.54, 1.807) is 48.4 Å². The van der Waals surface area contributed by atoms with Crippen LogP contribution in [0, 0.1) is 17.2 Å². The molecule has 26 heavy (non-hydrogen) atoms. The van der Waals surface area contributed by atoms with Gasteiger partial charge in [-0.05, 0) is 43.0 Å². The fraction of sp³-hybridized carbons (Fsp3) is 0.368. The Balaban J connectivity index is 1.47. The van der Waals surface area contributed by atoms with Crippen LogP contribution in [-0.2, 0) is 7.05 Å². The molecule has 1 saturated heterocycles. The van der Waals surface area contributed by atoms with Gasteiger partial charge in [0, 0.05) is 38.4 Å². The summed E-state index contributed by atoms with van der Waals surface area (Å²) >= 11 is 0. The van der Waals surface area contributed by atoms with Gasteiger partial charge in [-0.15, -0.1) is 0 Å². The van der Waals surface area contributed by atoms with E-state index in [9.17, 15) is 9.59 Å². The van der Waals surface area contributed by atoms with E-state index in [0.29, 0.717) is 42.2 Å². The average Bonchev–Trinajstić information content (AvgIpc) is 3.12.